The van der Waals surface area contributed by atoms with Crippen molar-refractivity contribution in [3.05, 3.63) is 106 Å². The lowest BCUT2D eigenvalue weighted by atomic mass is 9.77. The molecule has 3 aromatic rings. The number of allylic oxidation sites excluding steroid dienone is 1. The van der Waals surface area contributed by atoms with E-state index in [0.717, 1.165) is 16.0 Å². The summed E-state index contributed by atoms with van der Waals surface area (Å²) in [5, 5.41) is 3.27. The molecule has 1 aliphatic heterocycles. The second-order valence-electron chi connectivity index (χ2n) is 11.4. The highest BCUT2D eigenvalue weighted by Gasteiger charge is 2.49. The number of aryl methyl sites for hydroxylation is 1. The Kier molecular flexibility index (Phi) is 6.65. The summed E-state index contributed by atoms with van der Waals surface area (Å²) in [6.07, 6.45) is -4.56. The van der Waals surface area contributed by atoms with Gasteiger partial charge in [-0.05, 0) is 53.5 Å². The highest BCUT2D eigenvalue weighted by atomic mass is 19.4. The van der Waals surface area contributed by atoms with Crippen molar-refractivity contribution in [1.82, 2.24) is 0 Å². The van der Waals surface area contributed by atoms with Crippen LogP contribution in [0.5, 0.6) is 0 Å². The van der Waals surface area contributed by atoms with Crippen LogP contribution in [0.3, 0.4) is 0 Å². The smallest absolute Gasteiger partial charge is 0.357 e. The van der Waals surface area contributed by atoms with Crippen LogP contribution in [0.2, 0.25) is 0 Å². The van der Waals surface area contributed by atoms with E-state index in [1.165, 1.54) is 11.6 Å². The number of amides is 1. The SMILES string of the molecule is Cc1ccc(C2C3=C(CC(c4ccc(C(C)(C)C)cc4)CC3=O)Nc3ccccc3N2C(=O)C(F)(F)F)cc1. The number of ketones is 1. The Morgan fingerprint density at radius 3 is 2.10 bits per heavy atom. The average Bonchev–Trinajstić information content (AvgIpc) is 3.02. The fourth-order valence-corrected chi connectivity index (χ4v) is 5.51. The van der Waals surface area contributed by atoms with Gasteiger partial charge in [0, 0.05) is 17.7 Å². The van der Waals surface area contributed by atoms with Crippen molar-refractivity contribution in [2.45, 2.75) is 64.1 Å². The van der Waals surface area contributed by atoms with E-state index in [9.17, 15) is 22.8 Å². The third-order valence-electron chi connectivity index (χ3n) is 7.59. The van der Waals surface area contributed by atoms with E-state index in [0.29, 0.717) is 23.4 Å². The fourth-order valence-electron chi connectivity index (χ4n) is 5.51. The number of carbonyl (C=O) groups excluding carboxylic acids is 2. The van der Waals surface area contributed by atoms with Crippen LogP contribution in [0.15, 0.2) is 84.1 Å². The number of hydrogen-bond acceptors (Lipinski definition) is 3. The van der Waals surface area contributed by atoms with Gasteiger partial charge in [-0.3, -0.25) is 14.5 Å². The summed E-state index contributed by atoms with van der Waals surface area (Å²) in [4.78, 5) is 27.6. The number of hydrogen-bond donors (Lipinski definition) is 1. The Balaban J connectivity index is 1.67. The number of anilines is 2. The molecule has 0 aromatic heterocycles. The second kappa shape index (κ2) is 9.70. The molecular formula is C32H31F3N2O2. The third kappa shape index (κ3) is 5.10. The van der Waals surface area contributed by atoms with Gasteiger partial charge in [-0.15, -0.1) is 0 Å². The zero-order valence-electron chi connectivity index (χ0n) is 22.4. The summed E-state index contributed by atoms with van der Waals surface area (Å²) in [5.74, 6) is -2.43. The normalized spacial score (nSPS) is 19.7. The van der Waals surface area contributed by atoms with Gasteiger partial charge in [0.05, 0.1) is 17.4 Å². The predicted octanol–water partition coefficient (Wildman–Crippen LogP) is 7.76. The molecular weight excluding hydrogens is 501 g/mol. The molecule has 39 heavy (non-hydrogen) atoms. The molecule has 0 fully saturated rings. The molecule has 3 aromatic carbocycles. The summed E-state index contributed by atoms with van der Waals surface area (Å²) in [6.45, 7) is 8.28. The number of fused-ring (bicyclic) bond motifs is 1. The maximum atomic E-state index is 14.0. The number of nitrogens with one attached hydrogen (secondary N) is 1. The van der Waals surface area contributed by atoms with E-state index < -0.39 is 18.1 Å². The Morgan fingerprint density at radius 2 is 1.49 bits per heavy atom. The molecule has 2 unspecified atom stereocenters. The summed E-state index contributed by atoms with van der Waals surface area (Å²) in [7, 11) is 0. The standard InChI is InChI=1S/C32H31F3N2O2/c1-19-9-11-21(12-10-19)29-28-25(36-24-7-5-6-8-26(24)37(29)30(39)32(33,34)35)17-22(18-27(28)38)20-13-15-23(16-14-20)31(2,3)4/h5-16,22,29,36H,17-18H2,1-4H3. The van der Waals surface area contributed by atoms with Crippen LogP contribution in [0.25, 0.3) is 0 Å². The van der Waals surface area contributed by atoms with Gasteiger partial charge in [-0.25, -0.2) is 0 Å². The maximum absolute atomic E-state index is 14.0. The lowest BCUT2D eigenvalue weighted by Crippen LogP contribution is -2.45. The van der Waals surface area contributed by atoms with Crippen LogP contribution in [0, 0.1) is 6.92 Å². The summed E-state index contributed by atoms with van der Waals surface area (Å²) >= 11 is 0. The zero-order chi connectivity index (χ0) is 28.1. The lowest BCUT2D eigenvalue weighted by Gasteiger charge is -2.35. The van der Waals surface area contributed by atoms with E-state index in [1.54, 1.807) is 42.5 Å². The van der Waals surface area contributed by atoms with E-state index in [4.69, 9.17) is 0 Å². The van der Waals surface area contributed by atoms with Crippen molar-refractivity contribution in [3.63, 3.8) is 0 Å². The zero-order valence-corrected chi connectivity index (χ0v) is 22.4. The lowest BCUT2D eigenvalue weighted by molar-refractivity contribution is -0.170. The van der Waals surface area contributed by atoms with Gasteiger partial charge in [-0.2, -0.15) is 13.2 Å². The minimum absolute atomic E-state index is 0.0150. The van der Waals surface area contributed by atoms with E-state index in [2.05, 4.69) is 38.2 Å². The summed E-state index contributed by atoms with van der Waals surface area (Å²) in [5.41, 5.74) is 4.72. The first-order chi connectivity index (χ1) is 18.3. The molecule has 0 spiro atoms. The Bertz CT molecular complexity index is 1450. The number of nitrogens with zero attached hydrogens (tertiary/aromatic N) is 1. The molecule has 1 amide bonds. The van der Waals surface area contributed by atoms with Crippen molar-refractivity contribution < 1.29 is 22.8 Å². The van der Waals surface area contributed by atoms with Crippen LogP contribution in [-0.2, 0) is 15.0 Å². The molecule has 0 saturated carbocycles. The minimum Gasteiger partial charge on any atom is -0.357 e. The van der Waals surface area contributed by atoms with E-state index in [-0.39, 0.29) is 34.8 Å². The Labute approximate surface area is 226 Å². The first-order valence-electron chi connectivity index (χ1n) is 13.0. The van der Waals surface area contributed by atoms with Crippen LogP contribution >= 0.6 is 0 Å². The number of para-hydroxylation sites is 2. The average molecular weight is 533 g/mol. The quantitative estimate of drug-likeness (QED) is 0.367. The van der Waals surface area contributed by atoms with Crippen molar-refractivity contribution in [3.8, 4) is 0 Å². The number of rotatable bonds is 2. The van der Waals surface area contributed by atoms with Gasteiger partial charge < -0.3 is 5.32 Å². The monoisotopic (exact) mass is 532 g/mol. The molecule has 4 nitrogen and oxygen atoms in total. The molecule has 1 N–H and O–H groups in total. The van der Waals surface area contributed by atoms with Gasteiger partial charge in [0.2, 0.25) is 0 Å². The molecule has 2 atom stereocenters. The number of Topliss-reactive ketones (excluding diaryl/α,β-unsaturated/α-hetero) is 1. The molecule has 0 radical (unpaired) electrons. The highest BCUT2D eigenvalue weighted by Crippen LogP contribution is 2.48. The van der Waals surface area contributed by atoms with Gasteiger partial charge in [0.15, 0.2) is 5.78 Å². The van der Waals surface area contributed by atoms with Crippen LogP contribution in [0.4, 0.5) is 24.5 Å². The topological polar surface area (TPSA) is 49.4 Å². The molecule has 0 saturated heterocycles. The maximum Gasteiger partial charge on any atom is 0.471 e. The first kappa shape index (κ1) is 26.7. The molecule has 7 heteroatoms. The molecule has 2 aliphatic rings. The second-order valence-corrected chi connectivity index (χ2v) is 11.4. The number of halogens is 3. The van der Waals surface area contributed by atoms with Crippen molar-refractivity contribution >= 4 is 23.1 Å². The minimum atomic E-state index is -5.13. The van der Waals surface area contributed by atoms with E-state index >= 15 is 0 Å². The van der Waals surface area contributed by atoms with Gasteiger partial charge in [0.25, 0.3) is 0 Å². The van der Waals surface area contributed by atoms with Gasteiger partial charge >= 0.3 is 12.1 Å². The molecule has 1 aliphatic carbocycles. The van der Waals surface area contributed by atoms with Crippen LogP contribution in [0.1, 0.15) is 67.8 Å². The van der Waals surface area contributed by atoms with Crippen molar-refractivity contribution in [1.29, 1.82) is 0 Å². The first-order valence-corrected chi connectivity index (χ1v) is 13.0. The highest BCUT2D eigenvalue weighted by molar-refractivity contribution is 6.07. The van der Waals surface area contributed by atoms with Gasteiger partial charge in [-0.1, -0.05) is 87.0 Å². The summed E-state index contributed by atoms with van der Waals surface area (Å²) < 4.78 is 42.1. The van der Waals surface area contributed by atoms with Crippen molar-refractivity contribution in [2.24, 2.45) is 0 Å². The predicted molar refractivity (Wildman–Crippen MR) is 147 cm³/mol. The number of carbonyl (C=O) groups is 2. The Morgan fingerprint density at radius 1 is 0.872 bits per heavy atom. The summed E-state index contributed by atoms with van der Waals surface area (Å²) in [6, 6.07) is 20.3. The van der Waals surface area contributed by atoms with Crippen molar-refractivity contribution in [2.75, 3.05) is 10.2 Å². The number of benzene rings is 3. The third-order valence-corrected chi connectivity index (χ3v) is 7.59. The molecule has 1 heterocycles. The largest absolute Gasteiger partial charge is 0.471 e. The molecule has 0 bridgehead atoms. The fraction of sp³-hybridized carbons (Fsp3) is 0.312. The Hall–Kier alpha value is -3.87. The molecule has 5 rings (SSSR count). The molecule has 202 valence electrons. The van der Waals surface area contributed by atoms with E-state index in [1.807, 2.05) is 19.1 Å². The van der Waals surface area contributed by atoms with Crippen LogP contribution in [-0.4, -0.2) is 17.9 Å². The van der Waals surface area contributed by atoms with Crippen LogP contribution < -0.4 is 10.2 Å². The van der Waals surface area contributed by atoms with Gasteiger partial charge in [0.1, 0.15) is 0 Å². The number of alkyl halides is 3.